The number of pyridine rings is 1. The van der Waals surface area contributed by atoms with Crippen LogP contribution >= 0.6 is 11.6 Å². The molecule has 0 radical (unpaired) electrons. The standard InChI is InChI=1S/C22H21ClFN5O2/c23-15-2-6-20(28-10-9-26-27-28)18(11-15)22(30)29-17-4-1-14(19(29)7-5-17)13-31-21-8-3-16(24)12-25-21/h2-3,6,8-12,14,17,19H,1,4-5,7,13H2/t14-,17-,19?/m1/s1. The van der Waals surface area contributed by atoms with E-state index in [2.05, 4.69) is 15.3 Å². The van der Waals surface area contributed by atoms with Crippen LogP contribution < -0.4 is 4.74 Å². The zero-order valence-corrected chi connectivity index (χ0v) is 17.5. The smallest absolute Gasteiger partial charge is 0.256 e. The molecule has 0 N–H and O–H groups in total. The van der Waals surface area contributed by atoms with E-state index < -0.39 is 5.82 Å². The molecule has 0 spiro atoms. The SMILES string of the molecule is O=C(c1cc(Cl)ccc1-n1ccnn1)N1C2CC[C@H]1CC[C@@H]2COc1ccc(F)cn1. The number of carbonyl (C=O) groups is 1. The number of halogens is 2. The molecule has 7 nitrogen and oxygen atoms in total. The number of rotatable bonds is 5. The van der Waals surface area contributed by atoms with Crippen molar-refractivity contribution in [3.63, 3.8) is 0 Å². The minimum Gasteiger partial charge on any atom is -0.477 e. The normalized spacial score (nSPS) is 22.5. The molecule has 3 atom stereocenters. The average molecular weight is 442 g/mol. The highest BCUT2D eigenvalue weighted by Gasteiger charge is 2.45. The molecule has 2 aromatic heterocycles. The fourth-order valence-corrected chi connectivity index (χ4v) is 4.94. The number of hydrogen-bond acceptors (Lipinski definition) is 5. The first-order valence-corrected chi connectivity index (χ1v) is 10.7. The van der Waals surface area contributed by atoms with E-state index in [-0.39, 0.29) is 23.9 Å². The summed E-state index contributed by atoms with van der Waals surface area (Å²) in [7, 11) is 0. The van der Waals surface area contributed by atoms with Gasteiger partial charge in [-0.25, -0.2) is 14.1 Å². The monoisotopic (exact) mass is 441 g/mol. The second-order valence-corrected chi connectivity index (χ2v) is 8.42. The van der Waals surface area contributed by atoms with E-state index in [0.29, 0.717) is 28.8 Å². The minimum atomic E-state index is -0.398. The molecule has 2 aliphatic heterocycles. The van der Waals surface area contributed by atoms with Crippen LogP contribution in [-0.2, 0) is 0 Å². The highest BCUT2D eigenvalue weighted by molar-refractivity contribution is 6.31. The van der Waals surface area contributed by atoms with Crippen LogP contribution in [0.25, 0.3) is 5.69 Å². The van der Waals surface area contributed by atoms with Crippen LogP contribution in [-0.4, -0.2) is 49.5 Å². The van der Waals surface area contributed by atoms with Crippen LogP contribution in [0.5, 0.6) is 5.88 Å². The molecule has 160 valence electrons. The number of ether oxygens (including phenoxy) is 1. The molecular formula is C22H21ClFN5O2. The van der Waals surface area contributed by atoms with Crippen molar-refractivity contribution >= 4 is 17.5 Å². The number of fused-ring (bicyclic) bond motifs is 2. The predicted molar refractivity (Wildman–Crippen MR) is 112 cm³/mol. The van der Waals surface area contributed by atoms with Crippen LogP contribution in [0, 0.1) is 11.7 Å². The zero-order valence-electron chi connectivity index (χ0n) is 16.7. The molecular weight excluding hydrogens is 421 g/mol. The number of hydrogen-bond donors (Lipinski definition) is 0. The molecule has 3 aromatic rings. The van der Waals surface area contributed by atoms with Crippen molar-refractivity contribution in [2.24, 2.45) is 5.92 Å². The number of piperidine rings is 1. The van der Waals surface area contributed by atoms with Gasteiger partial charge >= 0.3 is 0 Å². The number of carbonyl (C=O) groups excluding carboxylic acids is 1. The van der Waals surface area contributed by atoms with Gasteiger partial charge in [0.25, 0.3) is 5.91 Å². The molecule has 2 saturated heterocycles. The summed E-state index contributed by atoms with van der Waals surface area (Å²) < 4.78 is 20.5. The second kappa shape index (κ2) is 8.26. The number of aromatic nitrogens is 4. The van der Waals surface area contributed by atoms with Crippen molar-refractivity contribution in [3.05, 3.63) is 65.3 Å². The van der Waals surface area contributed by atoms with Gasteiger partial charge in [0.05, 0.1) is 36.4 Å². The first-order chi connectivity index (χ1) is 15.1. The van der Waals surface area contributed by atoms with E-state index in [9.17, 15) is 9.18 Å². The third kappa shape index (κ3) is 3.87. The van der Waals surface area contributed by atoms with Crippen molar-refractivity contribution in [3.8, 4) is 11.6 Å². The molecule has 1 unspecified atom stereocenters. The summed E-state index contributed by atoms with van der Waals surface area (Å²) >= 11 is 6.24. The van der Waals surface area contributed by atoms with E-state index in [1.54, 1.807) is 35.3 Å². The van der Waals surface area contributed by atoms with Gasteiger partial charge in [-0.15, -0.1) is 5.10 Å². The van der Waals surface area contributed by atoms with Gasteiger partial charge in [0.1, 0.15) is 5.82 Å². The van der Waals surface area contributed by atoms with Crippen LogP contribution in [0.3, 0.4) is 0 Å². The lowest BCUT2D eigenvalue weighted by Crippen LogP contribution is -2.49. The number of amides is 1. The van der Waals surface area contributed by atoms with Gasteiger partial charge in [-0.05, 0) is 49.9 Å². The van der Waals surface area contributed by atoms with Crippen LogP contribution in [0.15, 0.2) is 48.9 Å². The van der Waals surface area contributed by atoms with E-state index in [1.165, 1.54) is 12.1 Å². The summed E-state index contributed by atoms with van der Waals surface area (Å²) in [6.07, 6.45) is 8.23. The molecule has 2 fully saturated rings. The molecule has 4 heterocycles. The maximum Gasteiger partial charge on any atom is 0.256 e. The topological polar surface area (TPSA) is 73.1 Å². The van der Waals surface area contributed by atoms with E-state index in [4.69, 9.17) is 16.3 Å². The first-order valence-electron chi connectivity index (χ1n) is 10.3. The lowest BCUT2D eigenvalue weighted by atomic mass is 9.90. The fourth-order valence-electron chi connectivity index (χ4n) is 4.76. The van der Waals surface area contributed by atoms with E-state index >= 15 is 0 Å². The highest BCUT2D eigenvalue weighted by atomic mass is 35.5. The Morgan fingerprint density at radius 1 is 1.19 bits per heavy atom. The summed E-state index contributed by atoms with van der Waals surface area (Å²) in [6.45, 7) is 0.436. The molecule has 0 aliphatic carbocycles. The largest absolute Gasteiger partial charge is 0.477 e. The van der Waals surface area contributed by atoms with Crippen LogP contribution in [0.1, 0.15) is 36.0 Å². The Labute approximate surface area is 183 Å². The van der Waals surface area contributed by atoms with Crippen molar-refractivity contribution in [2.75, 3.05) is 6.61 Å². The van der Waals surface area contributed by atoms with Crippen molar-refractivity contribution < 1.29 is 13.9 Å². The highest BCUT2D eigenvalue weighted by Crippen LogP contribution is 2.41. The van der Waals surface area contributed by atoms with Crippen LogP contribution in [0.4, 0.5) is 4.39 Å². The molecule has 5 rings (SSSR count). The molecule has 0 saturated carbocycles. The summed E-state index contributed by atoms with van der Waals surface area (Å²) in [4.78, 5) is 19.7. The maximum atomic E-state index is 13.7. The Bertz CT molecular complexity index is 1080. The van der Waals surface area contributed by atoms with E-state index in [1.807, 2.05) is 4.90 Å². The Hall–Kier alpha value is -3.00. The lowest BCUT2D eigenvalue weighted by Gasteiger charge is -2.40. The molecule has 2 bridgehead atoms. The summed E-state index contributed by atoms with van der Waals surface area (Å²) in [5.74, 6) is 0.126. The third-order valence-corrected chi connectivity index (χ3v) is 6.43. The second-order valence-electron chi connectivity index (χ2n) is 7.98. The predicted octanol–water partition coefficient (Wildman–Crippen LogP) is 3.92. The van der Waals surface area contributed by atoms with Crippen molar-refractivity contribution in [1.29, 1.82) is 0 Å². The van der Waals surface area contributed by atoms with Crippen LogP contribution in [0.2, 0.25) is 5.02 Å². The van der Waals surface area contributed by atoms with Gasteiger partial charge in [0.15, 0.2) is 0 Å². The Kier molecular flexibility index (Phi) is 5.31. The molecule has 31 heavy (non-hydrogen) atoms. The van der Waals surface area contributed by atoms with Gasteiger partial charge in [-0.2, -0.15) is 0 Å². The van der Waals surface area contributed by atoms with Gasteiger partial charge in [0, 0.05) is 29.1 Å². The summed E-state index contributed by atoms with van der Waals surface area (Å²) in [6, 6.07) is 8.37. The minimum absolute atomic E-state index is 0.0508. The maximum absolute atomic E-state index is 13.7. The quantitative estimate of drug-likeness (QED) is 0.600. The Morgan fingerprint density at radius 3 is 2.84 bits per heavy atom. The van der Waals surface area contributed by atoms with Crippen molar-refractivity contribution in [1.82, 2.24) is 24.9 Å². The summed E-state index contributed by atoms with van der Waals surface area (Å²) in [5.41, 5.74) is 1.16. The van der Waals surface area contributed by atoms with Gasteiger partial charge in [-0.1, -0.05) is 16.8 Å². The van der Waals surface area contributed by atoms with Gasteiger partial charge < -0.3 is 9.64 Å². The first kappa shape index (κ1) is 19.9. The van der Waals surface area contributed by atoms with Crippen molar-refractivity contribution in [2.45, 2.75) is 37.8 Å². The zero-order chi connectivity index (χ0) is 21.4. The molecule has 9 heteroatoms. The molecule has 1 amide bonds. The number of benzene rings is 1. The fraction of sp³-hybridized carbons (Fsp3) is 0.364. The molecule has 2 aliphatic rings. The van der Waals surface area contributed by atoms with Gasteiger partial charge in [0.2, 0.25) is 5.88 Å². The summed E-state index contributed by atoms with van der Waals surface area (Å²) in [5, 5.41) is 8.40. The Morgan fingerprint density at radius 2 is 2.06 bits per heavy atom. The van der Waals surface area contributed by atoms with Gasteiger partial charge in [-0.3, -0.25) is 4.79 Å². The molecule has 1 aromatic carbocycles. The number of nitrogens with zero attached hydrogens (tertiary/aromatic N) is 5. The average Bonchev–Trinajstić information content (AvgIpc) is 3.41. The van der Waals surface area contributed by atoms with E-state index in [0.717, 1.165) is 31.9 Å². The lowest BCUT2D eigenvalue weighted by molar-refractivity contribution is 0.0403. The Balaban J connectivity index is 1.38. The third-order valence-electron chi connectivity index (χ3n) is 6.20.